The average molecular weight is 230 g/mol. The molecule has 4 N–H and O–H groups in total. The monoisotopic (exact) mass is 230 g/mol. The second-order valence-corrected chi connectivity index (χ2v) is 3.13. The van der Waals surface area contributed by atoms with Crippen LogP contribution in [0.2, 0.25) is 0 Å². The van der Waals surface area contributed by atoms with Crippen LogP contribution in [0.5, 0.6) is 11.5 Å². The number of rotatable bonds is 2. The minimum absolute atomic E-state index is 0.833. The zero-order valence-electron chi connectivity index (χ0n) is 9.24. The highest BCUT2D eigenvalue weighted by Crippen LogP contribution is 2.19. The van der Waals surface area contributed by atoms with E-state index < -0.39 is 6.03 Å². The second kappa shape index (κ2) is 6.90. The van der Waals surface area contributed by atoms with Gasteiger partial charge < -0.3 is 16.2 Å². The third-order valence-corrected chi connectivity index (χ3v) is 1.72. The Morgan fingerprint density at radius 2 is 1.06 bits per heavy atom. The fourth-order valence-electron chi connectivity index (χ4n) is 1.11. The van der Waals surface area contributed by atoms with E-state index in [4.69, 9.17) is 9.53 Å². The molecule has 2 rings (SSSR count). The topological polar surface area (TPSA) is 78.3 Å². The van der Waals surface area contributed by atoms with Crippen molar-refractivity contribution in [1.82, 2.24) is 0 Å². The van der Waals surface area contributed by atoms with Crippen molar-refractivity contribution in [1.29, 1.82) is 0 Å². The number of primary amides is 2. The summed E-state index contributed by atoms with van der Waals surface area (Å²) in [5, 5.41) is 0. The highest BCUT2D eigenvalue weighted by Gasteiger charge is 1.92. The summed E-state index contributed by atoms with van der Waals surface area (Å²) in [4.78, 5) is 9.00. The molecule has 0 aliphatic rings. The van der Waals surface area contributed by atoms with E-state index in [-0.39, 0.29) is 0 Å². The van der Waals surface area contributed by atoms with E-state index in [0.29, 0.717) is 0 Å². The van der Waals surface area contributed by atoms with Gasteiger partial charge in [-0.15, -0.1) is 0 Å². The van der Waals surface area contributed by atoms with Crippen LogP contribution in [0.1, 0.15) is 0 Å². The van der Waals surface area contributed by atoms with Gasteiger partial charge in [-0.25, -0.2) is 4.79 Å². The molecule has 4 heteroatoms. The molecule has 0 spiro atoms. The van der Waals surface area contributed by atoms with Crippen molar-refractivity contribution in [3.8, 4) is 11.5 Å². The molecule has 17 heavy (non-hydrogen) atoms. The van der Waals surface area contributed by atoms with Gasteiger partial charge >= 0.3 is 6.03 Å². The molecule has 0 aliphatic carbocycles. The fraction of sp³-hybridized carbons (Fsp3) is 0. The molecule has 0 fully saturated rings. The van der Waals surface area contributed by atoms with Crippen LogP contribution in [-0.4, -0.2) is 6.03 Å². The Balaban J connectivity index is 0.000000317. The van der Waals surface area contributed by atoms with Crippen LogP contribution in [0.4, 0.5) is 4.79 Å². The van der Waals surface area contributed by atoms with Gasteiger partial charge in [0.1, 0.15) is 11.5 Å². The maximum absolute atomic E-state index is 9.00. The molecule has 0 radical (unpaired) electrons. The van der Waals surface area contributed by atoms with Crippen molar-refractivity contribution in [3.63, 3.8) is 0 Å². The highest BCUT2D eigenvalue weighted by atomic mass is 16.5. The molecule has 0 heterocycles. The first-order valence-corrected chi connectivity index (χ1v) is 5.01. The SMILES string of the molecule is NC(N)=O.c1ccc(Oc2ccccc2)cc1. The maximum atomic E-state index is 9.00. The lowest BCUT2D eigenvalue weighted by Gasteiger charge is -2.03. The van der Waals surface area contributed by atoms with Gasteiger partial charge in [0.2, 0.25) is 0 Å². The predicted molar refractivity (Wildman–Crippen MR) is 66.7 cm³/mol. The summed E-state index contributed by atoms with van der Waals surface area (Å²) in [7, 11) is 0. The number of nitrogens with two attached hydrogens (primary N) is 2. The molecule has 0 aliphatic heterocycles. The van der Waals surface area contributed by atoms with Gasteiger partial charge in [0.25, 0.3) is 0 Å². The van der Waals surface area contributed by atoms with Crippen molar-refractivity contribution in [2.75, 3.05) is 0 Å². The minimum atomic E-state index is -0.833. The van der Waals surface area contributed by atoms with E-state index in [1.54, 1.807) is 0 Å². The van der Waals surface area contributed by atoms with Crippen molar-refractivity contribution in [2.24, 2.45) is 11.5 Å². The van der Waals surface area contributed by atoms with Gasteiger partial charge in [-0.05, 0) is 24.3 Å². The molecule has 4 nitrogen and oxygen atoms in total. The smallest absolute Gasteiger partial charge is 0.309 e. The van der Waals surface area contributed by atoms with E-state index in [2.05, 4.69) is 11.5 Å². The normalized spacial score (nSPS) is 8.71. The van der Waals surface area contributed by atoms with Crippen LogP contribution in [0.3, 0.4) is 0 Å². The third-order valence-electron chi connectivity index (χ3n) is 1.72. The molecule has 88 valence electrons. The molecule has 2 aromatic rings. The molecule has 2 aromatic carbocycles. The minimum Gasteiger partial charge on any atom is -0.457 e. The molecule has 0 atom stereocenters. The summed E-state index contributed by atoms with van der Waals surface area (Å²) in [6.45, 7) is 0. The first kappa shape index (κ1) is 12.6. The van der Waals surface area contributed by atoms with E-state index in [1.165, 1.54) is 0 Å². The van der Waals surface area contributed by atoms with E-state index >= 15 is 0 Å². The molecule has 2 amide bonds. The van der Waals surface area contributed by atoms with Crippen LogP contribution < -0.4 is 16.2 Å². The van der Waals surface area contributed by atoms with Gasteiger partial charge in [-0.2, -0.15) is 0 Å². The third kappa shape index (κ3) is 5.84. The molecule has 0 bridgehead atoms. The van der Waals surface area contributed by atoms with Gasteiger partial charge in [-0.1, -0.05) is 36.4 Å². The fourth-order valence-corrected chi connectivity index (χ4v) is 1.11. The Morgan fingerprint density at radius 1 is 0.765 bits per heavy atom. The number of hydrogen-bond acceptors (Lipinski definition) is 2. The van der Waals surface area contributed by atoms with E-state index in [0.717, 1.165) is 11.5 Å². The highest BCUT2D eigenvalue weighted by molar-refractivity contribution is 5.69. The number of hydrogen-bond donors (Lipinski definition) is 2. The predicted octanol–water partition coefficient (Wildman–Crippen LogP) is 2.50. The van der Waals surface area contributed by atoms with Gasteiger partial charge in [0.05, 0.1) is 0 Å². The average Bonchev–Trinajstić information content (AvgIpc) is 2.31. The van der Waals surface area contributed by atoms with Crippen molar-refractivity contribution >= 4 is 6.03 Å². The summed E-state index contributed by atoms with van der Waals surface area (Å²) in [5.41, 5.74) is 8.50. The molecular formula is C13H14N2O2. The van der Waals surface area contributed by atoms with Crippen LogP contribution in [0.15, 0.2) is 60.7 Å². The van der Waals surface area contributed by atoms with E-state index in [9.17, 15) is 0 Å². The molecule has 0 unspecified atom stereocenters. The van der Waals surface area contributed by atoms with Crippen LogP contribution in [-0.2, 0) is 0 Å². The number of carbonyl (C=O) groups is 1. The lowest BCUT2D eigenvalue weighted by atomic mass is 10.3. The summed E-state index contributed by atoms with van der Waals surface area (Å²) in [6.07, 6.45) is 0. The number of urea groups is 1. The molecule has 0 aromatic heterocycles. The number of amides is 2. The van der Waals surface area contributed by atoms with Crippen LogP contribution in [0, 0.1) is 0 Å². The number of ether oxygens (including phenoxy) is 1. The maximum Gasteiger partial charge on any atom is 0.309 e. The second-order valence-electron chi connectivity index (χ2n) is 3.13. The van der Waals surface area contributed by atoms with Crippen molar-refractivity contribution in [2.45, 2.75) is 0 Å². The van der Waals surface area contributed by atoms with Crippen molar-refractivity contribution in [3.05, 3.63) is 60.7 Å². The zero-order valence-corrected chi connectivity index (χ0v) is 9.24. The van der Waals surface area contributed by atoms with Crippen molar-refractivity contribution < 1.29 is 9.53 Å². The number of carbonyl (C=O) groups excluding carboxylic acids is 1. The van der Waals surface area contributed by atoms with Crippen LogP contribution >= 0.6 is 0 Å². The Kier molecular flexibility index (Phi) is 5.10. The van der Waals surface area contributed by atoms with Gasteiger partial charge in [0, 0.05) is 0 Å². The van der Waals surface area contributed by atoms with Crippen LogP contribution in [0.25, 0.3) is 0 Å². The first-order valence-electron chi connectivity index (χ1n) is 5.01. The van der Waals surface area contributed by atoms with Gasteiger partial charge in [-0.3, -0.25) is 0 Å². The quantitative estimate of drug-likeness (QED) is 0.831. The molecular weight excluding hydrogens is 216 g/mol. The summed E-state index contributed by atoms with van der Waals surface area (Å²) in [5.74, 6) is 1.74. The molecule has 0 saturated heterocycles. The lowest BCUT2D eigenvalue weighted by molar-refractivity contribution is 0.256. The number of benzene rings is 2. The molecule has 0 saturated carbocycles. The Labute approximate surface area is 99.8 Å². The Bertz CT molecular complexity index is 402. The summed E-state index contributed by atoms with van der Waals surface area (Å²) in [6, 6.07) is 18.7. The summed E-state index contributed by atoms with van der Waals surface area (Å²) < 4.78 is 5.58. The number of para-hydroxylation sites is 2. The zero-order chi connectivity index (χ0) is 12.5. The summed E-state index contributed by atoms with van der Waals surface area (Å²) >= 11 is 0. The first-order chi connectivity index (χ1) is 8.18. The van der Waals surface area contributed by atoms with Gasteiger partial charge in [0.15, 0.2) is 0 Å². The Hall–Kier alpha value is -2.49. The standard InChI is InChI=1S/C12H10O.CH4N2O/c1-3-7-11(8-4-1)13-12-9-5-2-6-10-12;2-1(3)4/h1-10H;(H4,2,3,4). The van der Waals surface area contributed by atoms with E-state index in [1.807, 2.05) is 60.7 Å². The largest absolute Gasteiger partial charge is 0.457 e. The lowest BCUT2D eigenvalue weighted by Crippen LogP contribution is -2.18. The Morgan fingerprint density at radius 3 is 1.35 bits per heavy atom.